The Bertz CT molecular complexity index is 1110. The molecule has 3 rings (SSSR count). The van der Waals surface area contributed by atoms with E-state index in [0.717, 1.165) is 0 Å². The molecule has 0 aliphatic carbocycles. The number of halogens is 1. The highest BCUT2D eigenvalue weighted by Gasteiger charge is 2.16. The molecular formula is C17H17FN4O4S. The maximum atomic E-state index is 13.1. The summed E-state index contributed by atoms with van der Waals surface area (Å²) in [5, 5.41) is 8.81. The highest BCUT2D eigenvalue weighted by molar-refractivity contribution is 7.89. The molecule has 8 nitrogen and oxygen atoms in total. The van der Waals surface area contributed by atoms with Crippen LogP contribution in [0.1, 0.15) is 5.56 Å². The van der Waals surface area contributed by atoms with Gasteiger partial charge in [0.2, 0.25) is 10.0 Å². The van der Waals surface area contributed by atoms with E-state index < -0.39 is 16.7 Å². The molecule has 1 aromatic heterocycles. The quantitative estimate of drug-likeness (QED) is 0.662. The van der Waals surface area contributed by atoms with E-state index >= 15 is 0 Å². The van der Waals surface area contributed by atoms with Gasteiger partial charge >= 0.3 is 0 Å². The molecule has 0 radical (unpaired) electrons. The van der Waals surface area contributed by atoms with Crippen molar-refractivity contribution in [3.63, 3.8) is 0 Å². The van der Waals surface area contributed by atoms with Crippen molar-refractivity contribution in [1.29, 1.82) is 0 Å². The Kier molecular flexibility index (Phi) is 5.10. The van der Waals surface area contributed by atoms with E-state index in [1.807, 2.05) is 0 Å². The molecule has 2 aromatic carbocycles. The molecule has 0 aliphatic heterocycles. The van der Waals surface area contributed by atoms with Crippen LogP contribution in [-0.4, -0.2) is 32.6 Å². The average Bonchev–Trinajstić information content (AvgIpc) is 2.66. The Labute approximate surface area is 155 Å². The van der Waals surface area contributed by atoms with Crippen LogP contribution >= 0.6 is 0 Å². The number of hydrogen-bond donors (Lipinski definition) is 2. The molecule has 142 valence electrons. The predicted octanol–water partition coefficient (Wildman–Crippen LogP) is 2.51. The van der Waals surface area contributed by atoms with Crippen LogP contribution in [0.5, 0.6) is 11.5 Å². The van der Waals surface area contributed by atoms with E-state index in [1.54, 1.807) is 12.1 Å². The second-order valence-electron chi connectivity index (χ2n) is 5.57. The third kappa shape index (κ3) is 3.76. The maximum absolute atomic E-state index is 13.1. The van der Waals surface area contributed by atoms with Crippen molar-refractivity contribution in [3.8, 4) is 11.5 Å². The molecule has 0 fully saturated rings. The molecule has 3 N–H and O–H groups in total. The lowest BCUT2D eigenvalue weighted by molar-refractivity contribution is 0.356. The zero-order chi connectivity index (χ0) is 19.6. The zero-order valence-electron chi connectivity index (χ0n) is 14.6. The molecule has 0 bridgehead atoms. The Morgan fingerprint density at radius 2 is 1.81 bits per heavy atom. The van der Waals surface area contributed by atoms with Gasteiger partial charge in [0.05, 0.1) is 24.6 Å². The number of nitrogens with one attached hydrogen (secondary N) is 1. The minimum atomic E-state index is -4.07. The Balaban J connectivity index is 2.09. The largest absolute Gasteiger partial charge is 0.493 e. The SMILES string of the molecule is COc1cc2ncnc(Nc3ccc(CF)c(S(N)(=O)=O)c3)c2cc1OC. The molecular weight excluding hydrogens is 375 g/mol. The molecule has 0 saturated carbocycles. The fourth-order valence-corrected chi connectivity index (χ4v) is 3.41. The summed E-state index contributed by atoms with van der Waals surface area (Å²) < 4.78 is 47.0. The number of alkyl halides is 1. The van der Waals surface area contributed by atoms with Gasteiger partial charge in [0.25, 0.3) is 0 Å². The number of methoxy groups -OCH3 is 2. The highest BCUT2D eigenvalue weighted by atomic mass is 32.2. The Morgan fingerprint density at radius 1 is 1.11 bits per heavy atom. The van der Waals surface area contributed by atoms with Crippen molar-refractivity contribution in [2.45, 2.75) is 11.6 Å². The topological polar surface area (TPSA) is 116 Å². The molecule has 0 saturated heterocycles. The van der Waals surface area contributed by atoms with Gasteiger partial charge in [-0.15, -0.1) is 0 Å². The predicted molar refractivity (Wildman–Crippen MR) is 98.6 cm³/mol. The second kappa shape index (κ2) is 7.33. The van der Waals surface area contributed by atoms with Gasteiger partial charge in [-0.25, -0.2) is 27.9 Å². The number of benzene rings is 2. The van der Waals surface area contributed by atoms with Crippen LogP contribution in [0.3, 0.4) is 0 Å². The van der Waals surface area contributed by atoms with Gasteiger partial charge in [0, 0.05) is 22.7 Å². The number of aromatic nitrogens is 2. The number of hydrogen-bond acceptors (Lipinski definition) is 7. The first-order valence-corrected chi connectivity index (χ1v) is 9.27. The van der Waals surface area contributed by atoms with Crippen molar-refractivity contribution in [2.75, 3.05) is 19.5 Å². The second-order valence-corrected chi connectivity index (χ2v) is 7.10. The minimum absolute atomic E-state index is 0.0120. The van der Waals surface area contributed by atoms with Crippen LogP contribution in [0.15, 0.2) is 41.6 Å². The number of nitrogens with zero attached hydrogens (tertiary/aromatic N) is 2. The van der Waals surface area contributed by atoms with E-state index in [4.69, 9.17) is 14.6 Å². The lowest BCUT2D eigenvalue weighted by Crippen LogP contribution is -2.14. The summed E-state index contributed by atoms with van der Waals surface area (Å²) >= 11 is 0. The van der Waals surface area contributed by atoms with Gasteiger partial charge < -0.3 is 14.8 Å². The summed E-state index contributed by atoms with van der Waals surface area (Å²) in [4.78, 5) is 8.11. The van der Waals surface area contributed by atoms with Crippen molar-refractivity contribution in [1.82, 2.24) is 9.97 Å². The number of primary sulfonamides is 1. The molecule has 10 heteroatoms. The molecule has 3 aromatic rings. The van der Waals surface area contributed by atoms with Gasteiger partial charge in [-0.3, -0.25) is 0 Å². The van der Waals surface area contributed by atoms with Crippen LogP contribution in [0.2, 0.25) is 0 Å². The van der Waals surface area contributed by atoms with Gasteiger partial charge in [-0.1, -0.05) is 6.07 Å². The molecule has 0 atom stereocenters. The van der Waals surface area contributed by atoms with Crippen LogP contribution in [0.4, 0.5) is 15.9 Å². The summed E-state index contributed by atoms with van der Waals surface area (Å²) in [6.45, 7) is -0.945. The van der Waals surface area contributed by atoms with Crippen molar-refractivity contribution in [2.24, 2.45) is 5.14 Å². The van der Waals surface area contributed by atoms with Crippen LogP contribution in [-0.2, 0) is 16.7 Å². The third-order valence-electron chi connectivity index (χ3n) is 3.92. The number of anilines is 2. The molecule has 0 unspecified atom stereocenters. The molecule has 0 spiro atoms. The average molecular weight is 392 g/mol. The fourth-order valence-electron chi connectivity index (χ4n) is 2.63. The maximum Gasteiger partial charge on any atom is 0.238 e. The normalized spacial score (nSPS) is 11.4. The number of fused-ring (bicyclic) bond motifs is 1. The van der Waals surface area contributed by atoms with E-state index in [0.29, 0.717) is 33.9 Å². The summed E-state index contributed by atoms with van der Waals surface area (Å²) in [6.07, 6.45) is 1.35. The summed E-state index contributed by atoms with van der Waals surface area (Å²) in [5.41, 5.74) is 0.963. The monoisotopic (exact) mass is 392 g/mol. The third-order valence-corrected chi connectivity index (χ3v) is 4.91. The minimum Gasteiger partial charge on any atom is -0.493 e. The van der Waals surface area contributed by atoms with E-state index in [2.05, 4.69) is 15.3 Å². The number of rotatable bonds is 6. The smallest absolute Gasteiger partial charge is 0.238 e. The molecule has 1 heterocycles. The van der Waals surface area contributed by atoms with Gasteiger partial charge in [-0.2, -0.15) is 0 Å². The van der Waals surface area contributed by atoms with E-state index in [9.17, 15) is 12.8 Å². The van der Waals surface area contributed by atoms with Gasteiger partial charge in [0.1, 0.15) is 18.8 Å². The lowest BCUT2D eigenvalue weighted by Gasteiger charge is -2.13. The van der Waals surface area contributed by atoms with Crippen LogP contribution in [0, 0.1) is 0 Å². The number of sulfonamides is 1. The number of nitrogens with two attached hydrogens (primary N) is 1. The molecule has 0 aliphatic rings. The molecule has 27 heavy (non-hydrogen) atoms. The highest BCUT2D eigenvalue weighted by Crippen LogP contribution is 2.34. The van der Waals surface area contributed by atoms with Crippen molar-refractivity contribution < 1.29 is 22.3 Å². The van der Waals surface area contributed by atoms with Crippen molar-refractivity contribution >= 4 is 32.4 Å². The Hall–Kier alpha value is -2.98. The standard InChI is InChI=1S/C17H17FN4O4S/c1-25-14-6-12-13(7-15(14)26-2)20-9-21-17(12)22-11-4-3-10(8-18)16(5-11)27(19,23)24/h3-7,9H,8H2,1-2H3,(H2,19,23,24)(H,20,21,22). The van der Waals surface area contributed by atoms with E-state index in [1.165, 1.54) is 38.7 Å². The van der Waals surface area contributed by atoms with Crippen LogP contribution in [0.25, 0.3) is 10.9 Å². The molecule has 0 amide bonds. The Morgan fingerprint density at radius 3 is 2.44 bits per heavy atom. The first-order valence-electron chi connectivity index (χ1n) is 7.73. The van der Waals surface area contributed by atoms with Gasteiger partial charge in [-0.05, 0) is 18.2 Å². The summed E-state index contributed by atoms with van der Waals surface area (Å²) in [5.74, 6) is 1.41. The fraction of sp³-hybridized carbons (Fsp3) is 0.176. The first kappa shape index (κ1) is 18.8. The lowest BCUT2D eigenvalue weighted by atomic mass is 10.2. The number of ether oxygens (including phenoxy) is 2. The van der Waals surface area contributed by atoms with E-state index in [-0.39, 0.29) is 10.5 Å². The summed E-state index contributed by atoms with van der Waals surface area (Å²) in [6, 6.07) is 7.56. The zero-order valence-corrected chi connectivity index (χ0v) is 15.4. The van der Waals surface area contributed by atoms with Crippen LogP contribution < -0.4 is 19.9 Å². The van der Waals surface area contributed by atoms with Gasteiger partial charge in [0.15, 0.2) is 11.5 Å². The first-order chi connectivity index (χ1) is 12.9. The summed E-state index contributed by atoms with van der Waals surface area (Å²) in [7, 11) is -1.04. The van der Waals surface area contributed by atoms with Crippen molar-refractivity contribution in [3.05, 3.63) is 42.2 Å².